The molecule has 6 nitrogen and oxygen atoms in total. The van der Waals surface area contributed by atoms with Crippen LogP contribution in [0.1, 0.15) is 24.2 Å². The van der Waals surface area contributed by atoms with E-state index in [1.807, 2.05) is 0 Å². The fourth-order valence-electron chi connectivity index (χ4n) is 2.16. The Bertz CT molecular complexity index is 830. The predicted octanol–water partition coefficient (Wildman–Crippen LogP) is 4.52. The van der Waals surface area contributed by atoms with E-state index in [0.717, 1.165) is 0 Å². The van der Waals surface area contributed by atoms with Gasteiger partial charge in [-0.2, -0.15) is 8.78 Å². The minimum absolute atomic E-state index is 0.0243. The molecule has 0 aliphatic rings. The van der Waals surface area contributed by atoms with Gasteiger partial charge in [0.15, 0.2) is 17.6 Å². The number of carbonyl (C=O) groups excluding carboxylic acids is 2. The zero-order chi connectivity index (χ0) is 20.7. The maximum absolute atomic E-state index is 12.4. The third kappa shape index (κ3) is 6.09. The van der Waals surface area contributed by atoms with Gasteiger partial charge in [-0.05, 0) is 56.3 Å². The number of amides is 1. The molecule has 0 bridgehead atoms. The maximum atomic E-state index is 12.4. The van der Waals surface area contributed by atoms with Crippen LogP contribution in [0.5, 0.6) is 11.5 Å². The molecule has 0 heterocycles. The van der Waals surface area contributed by atoms with Crippen LogP contribution in [-0.2, 0) is 9.53 Å². The molecule has 1 amide bonds. The van der Waals surface area contributed by atoms with Gasteiger partial charge in [-0.15, -0.1) is 0 Å². The molecule has 2 aromatic rings. The fourth-order valence-corrected chi connectivity index (χ4v) is 2.28. The Kier molecular flexibility index (Phi) is 7.57. The first-order valence-electron chi connectivity index (χ1n) is 8.29. The van der Waals surface area contributed by atoms with Crippen LogP contribution in [0.4, 0.5) is 14.5 Å². The molecule has 0 fully saturated rings. The third-order valence-corrected chi connectivity index (χ3v) is 3.71. The second kappa shape index (κ2) is 9.89. The first-order valence-corrected chi connectivity index (χ1v) is 8.67. The molecule has 2 aromatic carbocycles. The van der Waals surface area contributed by atoms with Gasteiger partial charge in [-0.1, -0.05) is 11.6 Å². The van der Waals surface area contributed by atoms with Crippen molar-refractivity contribution >= 4 is 29.2 Å². The Morgan fingerprint density at radius 3 is 2.39 bits per heavy atom. The number of anilines is 1. The lowest BCUT2D eigenvalue weighted by Crippen LogP contribution is -2.30. The van der Waals surface area contributed by atoms with Crippen molar-refractivity contribution < 1.29 is 32.6 Å². The average molecular weight is 414 g/mol. The minimum Gasteiger partial charge on any atom is -0.490 e. The maximum Gasteiger partial charge on any atom is 0.387 e. The molecule has 1 atom stereocenters. The van der Waals surface area contributed by atoms with Crippen LogP contribution in [0.2, 0.25) is 5.02 Å². The van der Waals surface area contributed by atoms with Crippen LogP contribution in [0.15, 0.2) is 42.5 Å². The summed E-state index contributed by atoms with van der Waals surface area (Å²) in [5.41, 5.74) is 0.514. The first kappa shape index (κ1) is 21.4. The molecule has 0 spiro atoms. The average Bonchev–Trinajstić information content (AvgIpc) is 2.64. The molecule has 150 valence electrons. The van der Waals surface area contributed by atoms with Crippen molar-refractivity contribution in [3.63, 3.8) is 0 Å². The van der Waals surface area contributed by atoms with Gasteiger partial charge in [0.2, 0.25) is 0 Å². The van der Waals surface area contributed by atoms with Gasteiger partial charge in [0.1, 0.15) is 0 Å². The molecule has 0 aliphatic carbocycles. The largest absolute Gasteiger partial charge is 0.490 e. The van der Waals surface area contributed by atoms with E-state index in [9.17, 15) is 18.4 Å². The fraction of sp³-hybridized carbons (Fsp3) is 0.263. The number of rotatable bonds is 8. The lowest BCUT2D eigenvalue weighted by atomic mass is 10.2. The Morgan fingerprint density at radius 1 is 1.11 bits per heavy atom. The molecule has 0 unspecified atom stereocenters. The van der Waals surface area contributed by atoms with Crippen molar-refractivity contribution in [2.45, 2.75) is 26.6 Å². The number of halogens is 3. The van der Waals surface area contributed by atoms with Crippen molar-refractivity contribution in [3.05, 3.63) is 53.1 Å². The Balaban J connectivity index is 2.05. The quantitative estimate of drug-likeness (QED) is 0.644. The van der Waals surface area contributed by atoms with E-state index in [2.05, 4.69) is 10.1 Å². The van der Waals surface area contributed by atoms with Crippen LogP contribution in [0.25, 0.3) is 0 Å². The van der Waals surface area contributed by atoms with Gasteiger partial charge in [-0.3, -0.25) is 4.79 Å². The van der Waals surface area contributed by atoms with E-state index >= 15 is 0 Å². The third-order valence-electron chi connectivity index (χ3n) is 3.46. The summed E-state index contributed by atoms with van der Waals surface area (Å²) >= 11 is 5.78. The van der Waals surface area contributed by atoms with Crippen LogP contribution in [0, 0.1) is 0 Å². The molecule has 28 heavy (non-hydrogen) atoms. The smallest absolute Gasteiger partial charge is 0.387 e. The van der Waals surface area contributed by atoms with Crippen LogP contribution in [-0.4, -0.2) is 31.2 Å². The van der Waals surface area contributed by atoms with Gasteiger partial charge >= 0.3 is 12.6 Å². The topological polar surface area (TPSA) is 73.9 Å². The summed E-state index contributed by atoms with van der Waals surface area (Å²) in [6, 6.07) is 10.0. The van der Waals surface area contributed by atoms with E-state index in [1.54, 1.807) is 31.2 Å². The molecule has 0 saturated carbocycles. The molecule has 1 N–H and O–H groups in total. The monoisotopic (exact) mass is 413 g/mol. The number of hydrogen-bond acceptors (Lipinski definition) is 5. The highest BCUT2D eigenvalue weighted by molar-refractivity contribution is 6.30. The highest BCUT2D eigenvalue weighted by Gasteiger charge is 2.21. The SMILES string of the molecule is CCOc1cc(C(=O)O[C@@H](C)C(=O)Nc2ccc(Cl)cc2)ccc1OC(F)F. The molecule has 0 aromatic heterocycles. The predicted molar refractivity (Wildman–Crippen MR) is 99.2 cm³/mol. The highest BCUT2D eigenvalue weighted by Crippen LogP contribution is 2.30. The molecular weight excluding hydrogens is 396 g/mol. The summed E-state index contributed by atoms with van der Waals surface area (Å²) in [7, 11) is 0. The second-order valence-electron chi connectivity index (χ2n) is 5.52. The van der Waals surface area contributed by atoms with Crippen molar-refractivity contribution in [2.75, 3.05) is 11.9 Å². The van der Waals surface area contributed by atoms with Gasteiger partial charge in [0.05, 0.1) is 12.2 Å². The van der Waals surface area contributed by atoms with E-state index in [-0.39, 0.29) is 23.7 Å². The Hall–Kier alpha value is -2.87. The number of nitrogens with one attached hydrogen (secondary N) is 1. The van der Waals surface area contributed by atoms with Crippen LogP contribution < -0.4 is 14.8 Å². The van der Waals surface area contributed by atoms with E-state index < -0.39 is 24.6 Å². The lowest BCUT2D eigenvalue weighted by molar-refractivity contribution is -0.123. The standard InChI is InChI=1S/C19H18ClF2NO5/c1-3-26-16-10-12(4-9-15(16)28-19(21)22)18(25)27-11(2)17(24)23-14-7-5-13(20)6-8-14/h4-11,19H,3H2,1-2H3,(H,23,24)/t11-/m0/s1. The number of ether oxygens (including phenoxy) is 3. The summed E-state index contributed by atoms with van der Waals surface area (Å²) in [6.45, 7) is 0.202. The summed E-state index contributed by atoms with van der Waals surface area (Å²) in [6.07, 6.45) is -1.10. The van der Waals surface area contributed by atoms with E-state index in [0.29, 0.717) is 10.7 Å². The Labute approximate surface area is 165 Å². The number of esters is 1. The molecule has 9 heteroatoms. The number of hydrogen-bond donors (Lipinski definition) is 1. The summed E-state index contributed by atoms with van der Waals surface area (Å²) in [5, 5.41) is 3.10. The molecule has 0 aliphatic heterocycles. The summed E-state index contributed by atoms with van der Waals surface area (Å²) in [5.74, 6) is -1.60. The summed E-state index contributed by atoms with van der Waals surface area (Å²) in [4.78, 5) is 24.4. The zero-order valence-corrected chi connectivity index (χ0v) is 15.8. The van der Waals surface area contributed by atoms with Gasteiger partial charge < -0.3 is 19.5 Å². The first-order chi connectivity index (χ1) is 13.3. The molecule has 2 rings (SSSR count). The zero-order valence-electron chi connectivity index (χ0n) is 15.1. The second-order valence-corrected chi connectivity index (χ2v) is 5.95. The molecule has 0 radical (unpaired) electrons. The normalized spacial score (nSPS) is 11.6. The Morgan fingerprint density at radius 2 is 1.79 bits per heavy atom. The van der Waals surface area contributed by atoms with Crippen molar-refractivity contribution in [2.24, 2.45) is 0 Å². The molecular formula is C19H18ClF2NO5. The van der Waals surface area contributed by atoms with Gasteiger partial charge in [-0.25, -0.2) is 4.79 Å². The van der Waals surface area contributed by atoms with Crippen molar-refractivity contribution in [1.82, 2.24) is 0 Å². The lowest BCUT2D eigenvalue weighted by Gasteiger charge is -2.15. The number of alkyl halides is 2. The number of carbonyl (C=O) groups is 2. The summed E-state index contributed by atoms with van der Waals surface area (Å²) < 4.78 is 39.6. The van der Waals surface area contributed by atoms with Gasteiger partial charge in [0, 0.05) is 10.7 Å². The minimum atomic E-state index is -3.03. The van der Waals surface area contributed by atoms with Crippen LogP contribution in [0.3, 0.4) is 0 Å². The van der Waals surface area contributed by atoms with Crippen molar-refractivity contribution in [1.29, 1.82) is 0 Å². The van der Waals surface area contributed by atoms with Crippen molar-refractivity contribution in [3.8, 4) is 11.5 Å². The highest BCUT2D eigenvalue weighted by atomic mass is 35.5. The van der Waals surface area contributed by atoms with Gasteiger partial charge in [0.25, 0.3) is 5.91 Å². The van der Waals surface area contributed by atoms with E-state index in [1.165, 1.54) is 25.1 Å². The van der Waals surface area contributed by atoms with E-state index in [4.69, 9.17) is 21.1 Å². The molecule has 0 saturated heterocycles. The number of benzene rings is 2. The van der Waals surface area contributed by atoms with Crippen LogP contribution >= 0.6 is 11.6 Å².